The van der Waals surface area contributed by atoms with E-state index in [-0.39, 0.29) is 17.7 Å². The van der Waals surface area contributed by atoms with Gasteiger partial charge in [0.15, 0.2) is 0 Å². The molecule has 0 spiro atoms. The Labute approximate surface area is 126 Å². The summed E-state index contributed by atoms with van der Waals surface area (Å²) < 4.78 is 25.7. The number of fused-ring (bicyclic) bond motifs is 1. The first-order valence-electron chi connectivity index (χ1n) is 7.29. The second-order valence-corrected chi connectivity index (χ2v) is 7.73. The lowest BCUT2D eigenvalue weighted by molar-refractivity contribution is 0.0943. The molecule has 1 aliphatic rings. The zero-order chi connectivity index (χ0) is 15.6. The van der Waals surface area contributed by atoms with Crippen LogP contribution in [0.5, 0.6) is 0 Å². The summed E-state index contributed by atoms with van der Waals surface area (Å²) >= 11 is 0. The van der Waals surface area contributed by atoms with Gasteiger partial charge >= 0.3 is 0 Å². The van der Waals surface area contributed by atoms with Gasteiger partial charge in [-0.25, -0.2) is 8.42 Å². The molecule has 1 amide bonds. The molecule has 0 atom stereocenters. The van der Waals surface area contributed by atoms with E-state index in [2.05, 4.69) is 5.32 Å². The first-order valence-corrected chi connectivity index (χ1v) is 8.90. The van der Waals surface area contributed by atoms with Crippen LogP contribution >= 0.6 is 0 Å². The van der Waals surface area contributed by atoms with Gasteiger partial charge in [0.1, 0.15) is 0 Å². The van der Waals surface area contributed by atoms with Crippen LogP contribution in [0.25, 0.3) is 0 Å². The number of rotatable bonds is 4. The lowest BCUT2D eigenvalue weighted by atomic mass is 10.0. The third kappa shape index (κ3) is 3.37. The van der Waals surface area contributed by atoms with E-state index < -0.39 is 10.0 Å². The van der Waals surface area contributed by atoms with E-state index in [0.717, 1.165) is 18.4 Å². The molecule has 0 unspecified atom stereocenters. The monoisotopic (exact) mass is 310 g/mol. The van der Waals surface area contributed by atoms with Gasteiger partial charge in [-0.1, -0.05) is 0 Å². The van der Waals surface area contributed by atoms with Crippen molar-refractivity contribution in [2.75, 3.05) is 16.6 Å². The molecule has 0 saturated heterocycles. The van der Waals surface area contributed by atoms with Gasteiger partial charge in [0.25, 0.3) is 5.91 Å². The van der Waals surface area contributed by atoms with Crippen molar-refractivity contribution in [1.82, 2.24) is 5.32 Å². The molecule has 6 heteroatoms. The predicted octanol–water partition coefficient (Wildman–Crippen LogP) is 1.93. The smallest absolute Gasteiger partial charge is 0.251 e. The summed E-state index contributed by atoms with van der Waals surface area (Å²) in [5, 5.41) is 2.85. The van der Waals surface area contributed by atoms with Crippen molar-refractivity contribution in [2.24, 2.45) is 0 Å². The van der Waals surface area contributed by atoms with Crippen molar-refractivity contribution >= 4 is 21.6 Å². The van der Waals surface area contributed by atoms with Crippen LogP contribution in [0, 0.1) is 0 Å². The fourth-order valence-electron chi connectivity index (χ4n) is 2.49. The SMILES string of the molecule is CCS(=O)(=O)N1CCCc2cc(C(=O)NC(C)C)ccc21. The largest absolute Gasteiger partial charge is 0.350 e. The van der Waals surface area contributed by atoms with E-state index in [0.29, 0.717) is 17.8 Å². The van der Waals surface area contributed by atoms with E-state index >= 15 is 0 Å². The number of nitrogens with one attached hydrogen (secondary N) is 1. The molecule has 0 saturated carbocycles. The highest BCUT2D eigenvalue weighted by Crippen LogP contribution is 2.30. The second kappa shape index (κ2) is 6.05. The molecular formula is C15H22N2O3S. The van der Waals surface area contributed by atoms with Crippen molar-refractivity contribution in [3.63, 3.8) is 0 Å². The molecular weight excluding hydrogens is 288 g/mol. The minimum absolute atomic E-state index is 0.0745. The summed E-state index contributed by atoms with van der Waals surface area (Å²) in [5.41, 5.74) is 2.22. The van der Waals surface area contributed by atoms with Gasteiger partial charge in [0.05, 0.1) is 11.4 Å². The summed E-state index contributed by atoms with van der Waals surface area (Å²) in [6.45, 7) is 5.98. The number of sulfonamides is 1. The Bertz CT molecular complexity index is 638. The van der Waals surface area contributed by atoms with Crippen LogP contribution in [0.4, 0.5) is 5.69 Å². The number of hydrogen-bond acceptors (Lipinski definition) is 3. The Morgan fingerprint density at radius 1 is 1.38 bits per heavy atom. The minimum Gasteiger partial charge on any atom is -0.350 e. The topological polar surface area (TPSA) is 66.5 Å². The van der Waals surface area contributed by atoms with Crippen LogP contribution in [-0.4, -0.2) is 32.7 Å². The number of carbonyl (C=O) groups is 1. The third-order valence-corrected chi connectivity index (χ3v) is 5.32. The second-order valence-electron chi connectivity index (χ2n) is 5.55. The summed E-state index contributed by atoms with van der Waals surface area (Å²) in [4.78, 5) is 12.0. The van der Waals surface area contributed by atoms with E-state index in [9.17, 15) is 13.2 Å². The maximum absolute atomic E-state index is 12.1. The normalized spacial score (nSPS) is 15.0. The Balaban J connectivity index is 2.35. The molecule has 1 N–H and O–H groups in total. The van der Waals surface area contributed by atoms with Crippen LogP contribution in [0.1, 0.15) is 43.1 Å². The van der Waals surface area contributed by atoms with Crippen LogP contribution in [0.3, 0.4) is 0 Å². The molecule has 1 heterocycles. The number of anilines is 1. The molecule has 1 aromatic rings. The maximum atomic E-state index is 12.1. The lowest BCUT2D eigenvalue weighted by Crippen LogP contribution is -2.37. The Morgan fingerprint density at radius 2 is 2.10 bits per heavy atom. The van der Waals surface area contributed by atoms with Crippen LogP contribution in [-0.2, 0) is 16.4 Å². The van der Waals surface area contributed by atoms with Crippen molar-refractivity contribution in [3.8, 4) is 0 Å². The van der Waals surface area contributed by atoms with Gasteiger partial charge in [0, 0.05) is 18.2 Å². The molecule has 0 fully saturated rings. The fraction of sp³-hybridized carbons (Fsp3) is 0.533. The van der Waals surface area contributed by atoms with Crippen molar-refractivity contribution in [1.29, 1.82) is 0 Å². The molecule has 1 aromatic carbocycles. The van der Waals surface area contributed by atoms with Crippen molar-refractivity contribution < 1.29 is 13.2 Å². The average molecular weight is 310 g/mol. The number of carbonyl (C=O) groups excluding carboxylic acids is 1. The molecule has 0 radical (unpaired) electrons. The first kappa shape index (κ1) is 15.8. The number of amides is 1. The standard InChI is InChI=1S/C15H22N2O3S/c1-4-21(19,20)17-9-5-6-12-10-13(7-8-14(12)17)15(18)16-11(2)3/h7-8,10-11H,4-6,9H2,1-3H3,(H,16,18). The van der Waals surface area contributed by atoms with Gasteiger partial charge in [-0.3, -0.25) is 9.10 Å². The lowest BCUT2D eigenvalue weighted by Gasteiger charge is -2.30. The third-order valence-electron chi connectivity index (χ3n) is 3.54. The van der Waals surface area contributed by atoms with Gasteiger partial charge in [-0.2, -0.15) is 0 Å². The Kier molecular flexibility index (Phi) is 4.56. The van der Waals surface area contributed by atoms with Gasteiger partial charge in [0.2, 0.25) is 10.0 Å². The van der Waals surface area contributed by atoms with E-state index in [4.69, 9.17) is 0 Å². The molecule has 21 heavy (non-hydrogen) atoms. The zero-order valence-corrected chi connectivity index (χ0v) is 13.5. The highest BCUT2D eigenvalue weighted by molar-refractivity contribution is 7.92. The molecule has 5 nitrogen and oxygen atoms in total. The summed E-state index contributed by atoms with van der Waals surface area (Å²) in [7, 11) is -3.25. The molecule has 0 bridgehead atoms. The fourth-order valence-corrected chi connectivity index (χ4v) is 3.69. The minimum atomic E-state index is -3.25. The zero-order valence-electron chi connectivity index (χ0n) is 12.7. The first-order chi connectivity index (χ1) is 9.85. The van der Waals surface area contributed by atoms with Gasteiger partial charge < -0.3 is 5.32 Å². The van der Waals surface area contributed by atoms with Gasteiger partial charge in [-0.05, 0) is 57.4 Å². The highest BCUT2D eigenvalue weighted by Gasteiger charge is 2.26. The van der Waals surface area contributed by atoms with E-state index in [1.165, 1.54) is 4.31 Å². The molecule has 0 aliphatic carbocycles. The van der Waals surface area contributed by atoms with E-state index in [1.807, 2.05) is 19.9 Å². The van der Waals surface area contributed by atoms with E-state index in [1.54, 1.807) is 19.1 Å². The number of nitrogens with zero attached hydrogens (tertiary/aromatic N) is 1. The van der Waals surface area contributed by atoms with Crippen LogP contribution in [0.15, 0.2) is 18.2 Å². The number of aryl methyl sites for hydroxylation is 1. The summed E-state index contributed by atoms with van der Waals surface area (Å²) in [5.74, 6) is -0.0366. The molecule has 2 rings (SSSR count). The van der Waals surface area contributed by atoms with Gasteiger partial charge in [-0.15, -0.1) is 0 Å². The average Bonchev–Trinajstić information content (AvgIpc) is 2.45. The van der Waals surface area contributed by atoms with Crippen molar-refractivity contribution in [3.05, 3.63) is 29.3 Å². The molecule has 0 aromatic heterocycles. The summed E-state index contributed by atoms with van der Waals surface area (Å²) in [6, 6.07) is 5.33. The predicted molar refractivity (Wildman–Crippen MR) is 84.2 cm³/mol. The van der Waals surface area contributed by atoms with Crippen LogP contribution < -0.4 is 9.62 Å². The molecule has 1 aliphatic heterocycles. The Morgan fingerprint density at radius 3 is 2.71 bits per heavy atom. The van der Waals surface area contributed by atoms with Crippen LogP contribution in [0.2, 0.25) is 0 Å². The molecule has 116 valence electrons. The highest BCUT2D eigenvalue weighted by atomic mass is 32.2. The number of benzene rings is 1. The Hall–Kier alpha value is -1.56. The van der Waals surface area contributed by atoms with Crippen molar-refractivity contribution in [2.45, 2.75) is 39.7 Å². The quantitative estimate of drug-likeness (QED) is 0.924. The maximum Gasteiger partial charge on any atom is 0.251 e. The summed E-state index contributed by atoms with van der Waals surface area (Å²) in [6.07, 6.45) is 1.58. The number of hydrogen-bond donors (Lipinski definition) is 1.